The molecule has 106 valence electrons. The van der Waals surface area contributed by atoms with Gasteiger partial charge in [0.15, 0.2) is 0 Å². The number of likely N-dealkylation sites (tertiary alicyclic amines) is 1. The van der Waals surface area contributed by atoms with Crippen molar-refractivity contribution in [1.82, 2.24) is 10.2 Å². The molecule has 2 rings (SSSR count). The van der Waals surface area contributed by atoms with E-state index in [-0.39, 0.29) is 0 Å². The molecule has 19 heavy (non-hydrogen) atoms. The Hall–Kier alpha value is -0.860. The van der Waals surface area contributed by atoms with E-state index in [1.54, 1.807) is 0 Å². The highest BCUT2D eigenvalue weighted by atomic mass is 15.1. The summed E-state index contributed by atoms with van der Waals surface area (Å²) in [6.45, 7) is 8.13. The maximum atomic E-state index is 3.46. The van der Waals surface area contributed by atoms with E-state index in [2.05, 4.69) is 41.4 Å². The smallest absolute Gasteiger partial charge is 0.0233 e. The van der Waals surface area contributed by atoms with E-state index >= 15 is 0 Å². The van der Waals surface area contributed by atoms with Gasteiger partial charge in [-0.1, -0.05) is 37.6 Å². The third-order valence-electron chi connectivity index (χ3n) is 3.90. The molecule has 1 aliphatic rings. The molecule has 1 fully saturated rings. The SMILES string of the molecule is CCCNCCc1ccc(CN2CCCCC2)cc1. The Kier molecular flexibility index (Phi) is 6.38. The molecule has 1 aromatic rings. The van der Waals surface area contributed by atoms with Crippen molar-refractivity contribution in [3.8, 4) is 0 Å². The van der Waals surface area contributed by atoms with E-state index in [0.29, 0.717) is 0 Å². The monoisotopic (exact) mass is 260 g/mol. The minimum atomic E-state index is 1.10. The molecule has 1 heterocycles. The second-order valence-corrected chi connectivity index (χ2v) is 5.65. The number of hydrogen-bond donors (Lipinski definition) is 1. The van der Waals surface area contributed by atoms with E-state index in [1.165, 1.54) is 49.9 Å². The summed E-state index contributed by atoms with van der Waals surface area (Å²) in [4.78, 5) is 2.58. The van der Waals surface area contributed by atoms with Gasteiger partial charge in [-0.05, 0) is 63.0 Å². The summed E-state index contributed by atoms with van der Waals surface area (Å²) < 4.78 is 0. The van der Waals surface area contributed by atoms with Crippen LogP contribution in [0, 0.1) is 0 Å². The van der Waals surface area contributed by atoms with Gasteiger partial charge in [-0.25, -0.2) is 0 Å². The fourth-order valence-electron chi connectivity index (χ4n) is 2.72. The van der Waals surface area contributed by atoms with Crippen molar-refractivity contribution in [3.63, 3.8) is 0 Å². The third-order valence-corrected chi connectivity index (χ3v) is 3.90. The summed E-state index contributed by atoms with van der Waals surface area (Å²) in [5.74, 6) is 0. The molecular weight excluding hydrogens is 232 g/mol. The first-order chi connectivity index (χ1) is 9.38. The minimum Gasteiger partial charge on any atom is -0.316 e. The van der Waals surface area contributed by atoms with Gasteiger partial charge in [-0.15, -0.1) is 0 Å². The largest absolute Gasteiger partial charge is 0.316 e. The number of nitrogens with zero attached hydrogens (tertiary/aromatic N) is 1. The first kappa shape index (κ1) is 14.5. The number of piperidine rings is 1. The van der Waals surface area contributed by atoms with E-state index < -0.39 is 0 Å². The maximum absolute atomic E-state index is 3.46. The Labute approximate surface area is 118 Å². The molecule has 2 heteroatoms. The van der Waals surface area contributed by atoms with Crippen LogP contribution < -0.4 is 5.32 Å². The van der Waals surface area contributed by atoms with Crippen molar-refractivity contribution in [3.05, 3.63) is 35.4 Å². The van der Waals surface area contributed by atoms with Crippen LogP contribution >= 0.6 is 0 Å². The van der Waals surface area contributed by atoms with E-state index in [9.17, 15) is 0 Å². The molecule has 0 unspecified atom stereocenters. The molecular formula is C17H28N2. The van der Waals surface area contributed by atoms with Gasteiger partial charge in [0.2, 0.25) is 0 Å². The highest BCUT2D eigenvalue weighted by molar-refractivity contribution is 5.22. The van der Waals surface area contributed by atoms with Gasteiger partial charge in [0.1, 0.15) is 0 Å². The maximum Gasteiger partial charge on any atom is 0.0233 e. The summed E-state index contributed by atoms with van der Waals surface area (Å²) >= 11 is 0. The lowest BCUT2D eigenvalue weighted by Gasteiger charge is -2.26. The lowest BCUT2D eigenvalue weighted by Crippen LogP contribution is -2.29. The number of hydrogen-bond acceptors (Lipinski definition) is 2. The highest BCUT2D eigenvalue weighted by Gasteiger charge is 2.09. The summed E-state index contributed by atoms with van der Waals surface area (Å²) in [6, 6.07) is 9.22. The van der Waals surface area contributed by atoms with Crippen LogP contribution in [0.3, 0.4) is 0 Å². The fourth-order valence-corrected chi connectivity index (χ4v) is 2.72. The second-order valence-electron chi connectivity index (χ2n) is 5.65. The zero-order valence-electron chi connectivity index (χ0n) is 12.3. The fraction of sp³-hybridized carbons (Fsp3) is 0.647. The average Bonchev–Trinajstić information content (AvgIpc) is 2.46. The molecule has 2 nitrogen and oxygen atoms in total. The van der Waals surface area contributed by atoms with Crippen molar-refractivity contribution >= 4 is 0 Å². The molecule has 1 aromatic carbocycles. The van der Waals surface area contributed by atoms with Crippen molar-refractivity contribution in [2.24, 2.45) is 0 Å². The van der Waals surface area contributed by atoms with E-state index in [4.69, 9.17) is 0 Å². The second kappa shape index (κ2) is 8.34. The summed E-state index contributed by atoms with van der Waals surface area (Å²) in [5, 5.41) is 3.46. The van der Waals surface area contributed by atoms with Crippen molar-refractivity contribution in [1.29, 1.82) is 0 Å². The summed E-state index contributed by atoms with van der Waals surface area (Å²) in [7, 11) is 0. The van der Waals surface area contributed by atoms with Crippen LogP contribution in [0.25, 0.3) is 0 Å². The van der Waals surface area contributed by atoms with Gasteiger partial charge in [-0.3, -0.25) is 4.90 Å². The minimum absolute atomic E-state index is 1.10. The van der Waals surface area contributed by atoms with E-state index in [1.807, 2.05) is 0 Å². The van der Waals surface area contributed by atoms with Gasteiger partial charge in [0.05, 0.1) is 0 Å². The van der Waals surface area contributed by atoms with Crippen LogP contribution in [0.15, 0.2) is 24.3 Å². The lowest BCUT2D eigenvalue weighted by molar-refractivity contribution is 0.221. The normalized spacial score (nSPS) is 16.7. The molecule has 0 aromatic heterocycles. The Morgan fingerprint density at radius 2 is 1.63 bits per heavy atom. The van der Waals surface area contributed by atoms with Crippen LogP contribution in [0.2, 0.25) is 0 Å². The number of rotatable bonds is 7. The van der Waals surface area contributed by atoms with Crippen LogP contribution in [-0.4, -0.2) is 31.1 Å². The third kappa shape index (κ3) is 5.33. The number of nitrogens with one attached hydrogen (secondary N) is 1. The van der Waals surface area contributed by atoms with Gasteiger partial charge in [0.25, 0.3) is 0 Å². The molecule has 1 aliphatic heterocycles. The molecule has 1 saturated heterocycles. The summed E-state index contributed by atoms with van der Waals surface area (Å²) in [6.07, 6.45) is 6.53. The van der Waals surface area contributed by atoms with Crippen molar-refractivity contribution in [2.45, 2.75) is 45.6 Å². The standard InChI is InChI=1S/C17H28N2/c1-2-11-18-12-10-16-6-8-17(9-7-16)15-19-13-4-3-5-14-19/h6-9,18H,2-5,10-15H2,1H3. The van der Waals surface area contributed by atoms with Gasteiger partial charge in [-0.2, -0.15) is 0 Å². The molecule has 0 spiro atoms. The van der Waals surface area contributed by atoms with Crippen LogP contribution in [0.1, 0.15) is 43.7 Å². The molecule has 0 aliphatic carbocycles. The van der Waals surface area contributed by atoms with Gasteiger partial charge in [0, 0.05) is 6.54 Å². The van der Waals surface area contributed by atoms with Gasteiger partial charge < -0.3 is 5.32 Å². The first-order valence-corrected chi connectivity index (χ1v) is 7.89. The van der Waals surface area contributed by atoms with Crippen LogP contribution in [0.5, 0.6) is 0 Å². The Balaban J connectivity index is 1.74. The average molecular weight is 260 g/mol. The molecule has 1 N–H and O–H groups in total. The quantitative estimate of drug-likeness (QED) is 0.757. The predicted octanol–water partition coefficient (Wildman–Crippen LogP) is 3.21. The first-order valence-electron chi connectivity index (χ1n) is 7.89. The summed E-state index contributed by atoms with van der Waals surface area (Å²) in [5.41, 5.74) is 2.91. The highest BCUT2D eigenvalue weighted by Crippen LogP contribution is 2.13. The van der Waals surface area contributed by atoms with Gasteiger partial charge >= 0.3 is 0 Å². The predicted molar refractivity (Wildman–Crippen MR) is 82.4 cm³/mol. The van der Waals surface area contributed by atoms with Crippen LogP contribution in [-0.2, 0) is 13.0 Å². The number of benzene rings is 1. The molecule has 0 radical (unpaired) electrons. The zero-order valence-corrected chi connectivity index (χ0v) is 12.3. The van der Waals surface area contributed by atoms with Crippen molar-refractivity contribution in [2.75, 3.05) is 26.2 Å². The molecule has 0 amide bonds. The zero-order chi connectivity index (χ0) is 13.3. The van der Waals surface area contributed by atoms with E-state index in [0.717, 1.165) is 26.1 Å². The Morgan fingerprint density at radius 3 is 2.32 bits per heavy atom. The molecule has 0 atom stereocenters. The Bertz CT molecular complexity index is 339. The molecule has 0 saturated carbocycles. The Morgan fingerprint density at radius 1 is 0.947 bits per heavy atom. The van der Waals surface area contributed by atoms with Crippen LogP contribution in [0.4, 0.5) is 0 Å². The topological polar surface area (TPSA) is 15.3 Å². The molecule has 0 bridgehead atoms. The van der Waals surface area contributed by atoms with Crippen molar-refractivity contribution < 1.29 is 0 Å². The lowest BCUT2D eigenvalue weighted by atomic mass is 10.1.